The maximum absolute atomic E-state index is 11.2. The van der Waals surface area contributed by atoms with Gasteiger partial charge in [-0.05, 0) is 25.1 Å². The zero-order valence-electron chi connectivity index (χ0n) is 6.82. The van der Waals surface area contributed by atoms with Crippen molar-refractivity contribution in [2.75, 3.05) is 6.54 Å². The molecule has 0 unspecified atom stereocenters. The van der Waals surface area contributed by atoms with Crippen LogP contribution in [0.1, 0.15) is 17.3 Å². The van der Waals surface area contributed by atoms with Crippen molar-refractivity contribution >= 4 is 5.91 Å². The highest BCUT2D eigenvalue weighted by molar-refractivity contribution is 5.93. The molecule has 0 aliphatic rings. The third-order valence-electron chi connectivity index (χ3n) is 1.50. The van der Waals surface area contributed by atoms with E-state index in [4.69, 9.17) is 5.21 Å². The Kier molecular flexibility index (Phi) is 2.82. The third-order valence-corrected chi connectivity index (χ3v) is 1.50. The number of hydrogen-bond donors (Lipinski definition) is 1. The van der Waals surface area contributed by atoms with Gasteiger partial charge in [0, 0.05) is 12.1 Å². The van der Waals surface area contributed by atoms with E-state index in [1.165, 1.54) is 0 Å². The van der Waals surface area contributed by atoms with Gasteiger partial charge in [0.1, 0.15) is 0 Å². The first-order valence-electron chi connectivity index (χ1n) is 3.72. The Balaban J connectivity index is 2.79. The molecule has 0 saturated heterocycles. The molecule has 12 heavy (non-hydrogen) atoms. The molecule has 63 valence electrons. The van der Waals surface area contributed by atoms with Gasteiger partial charge in [0.15, 0.2) is 0 Å². The van der Waals surface area contributed by atoms with E-state index in [9.17, 15) is 4.79 Å². The van der Waals surface area contributed by atoms with Gasteiger partial charge < -0.3 is 0 Å². The fourth-order valence-corrected chi connectivity index (χ4v) is 0.822. The molecule has 1 amide bonds. The van der Waals surface area contributed by atoms with Crippen LogP contribution in [0.4, 0.5) is 0 Å². The largest absolute Gasteiger partial charge is 0.286 e. The second-order valence-electron chi connectivity index (χ2n) is 2.31. The number of carbonyl (C=O) groups excluding carboxylic acids is 1. The molecular formula is C9H10NO2. The highest BCUT2D eigenvalue weighted by Gasteiger charge is 2.09. The average Bonchev–Trinajstić information content (AvgIpc) is 2.17. The molecule has 1 aromatic rings. The maximum Gasteiger partial charge on any atom is 0.277 e. The Morgan fingerprint density at radius 2 is 2.17 bits per heavy atom. The normalized spacial score (nSPS) is 9.50. The Hall–Kier alpha value is -1.35. The van der Waals surface area contributed by atoms with Crippen LogP contribution >= 0.6 is 0 Å². The summed E-state index contributed by atoms with van der Waals surface area (Å²) in [4.78, 5) is 11.2. The summed E-state index contributed by atoms with van der Waals surface area (Å²) in [5.74, 6) is -0.383. The van der Waals surface area contributed by atoms with E-state index in [0.29, 0.717) is 10.6 Å². The molecule has 0 aliphatic heterocycles. The lowest BCUT2D eigenvalue weighted by Gasteiger charge is -2.11. The van der Waals surface area contributed by atoms with Crippen LogP contribution in [0.15, 0.2) is 24.3 Å². The number of hydrogen-bond acceptors (Lipinski definition) is 2. The molecule has 0 spiro atoms. The molecule has 0 bridgehead atoms. The highest BCUT2D eigenvalue weighted by Crippen LogP contribution is 2.01. The van der Waals surface area contributed by atoms with Crippen molar-refractivity contribution in [3.05, 3.63) is 35.9 Å². The van der Waals surface area contributed by atoms with Crippen LogP contribution in [-0.4, -0.2) is 22.7 Å². The van der Waals surface area contributed by atoms with Crippen molar-refractivity contribution in [3.8, 4) is 0 Å². The predicted molar refractivity (Wildman–Crippen MR) is 43.8 cm³/mol. The predicted octanol–water partition coefficient (Wildman–Crippen LogP) is 1.34. The number of rotatable bonds is 2. The number of carbonyl (C=O) groups is 1. The number of amides is 1. The molecule has 3 heteroatoms. The van der Waals surface area contributed by atoms with Gasteiger partial charge in [-0.3, -0.25) is 10.0 Å². The van der Waals surface area contributed by atoms with Crippen LogP contribution in [0.3, 0.4) is 0 Å². The Morgan fingerprint density at radius 3 is 2.67 bits per heavy atom. The topological polar surface area (TPSA) is 40.5 Å². The van der Waals surface area contributed by atoms with Crippen molar-refractivity contribution in [3.63, 3.8) is 0 Å². The van der Waals surface area contributed by atoms with Crippen molar-refractivity contribution < 1.29 is 10.0 Å². The Labute approximate surface area is 71.2 Å². The molecular weight excluding hydrogens is 154 g/mol. The fourth-order valence-electron chi connectivity index (χ4n) is 0.822. The van der Waals surface area contributed by atoms with E-state index in [0.717, 1.165) is 0 Å². The Bertz CT molecular complexity index is 258. The fraction of sp³-hybridized carbons (Fsp3) is 0.222. The lowest BCUT2D eigenvalue weighted by atomic mass is 10.2. The first kappa shape index (κ1) is 8.74. The van der Waals surface area contributed by atoms with Gasteiger partial charge in [0.2, 0.25) is 0 Å². The summed E-state index contributed by atoms with van der Waals surface area (Å²) in [6.45, 7) is 1.99. The standard InChI is InChI=1S/C9H10NO2/c1-2-10(12)9(11)8-6-4-3-5-7-8/h4-7,12H,2H2,1H3. The van der Waals surface area contributed by atoms with E-state index < -0.39 is 0 Å². The zero-order valence-corrected chi connectivity index (χ0v) is 6.82. The van der Waals surface area contributed by atoms with Crippen LogP contribution in [0.2, 0.25) is 0 Å². The molecule has 0 aliphatic carbocycles. The van der Waals surface area contributed by atoms with E-state index >= 15 is 0 Å². The molecule has 0 saturated carbocycles. The van der Waals surface area contributed by atoms with Crippen LogP contribution in [0, 0.1) is 6.07 Å². The lowest BCUT2D eigenvalue weighted by molar-refractivity contribution is -0.0541. The van der Waals surface area contributed by atoms with Gasteiger partial charge in [0.25, 0.3) is 5.91 Å². The van der Waals surface area contributed by atoms with E-state index in [1.54, 1.807) is 31.2 Å². The van der Waals surface area contributed by atoms with Crippen molar-refractivity contribution in [2.24, 2.45) is 0 Å². The molecule has 1 rings (SSSR count). The molecule has 0 atom stereocenters. The summed E-state index contributed by atoms with van der Waals surface area (Å²) < 4.78 is 0. The molecule has 1 radical (unpaired) electrons. The number of hydroxylamine groups is 2. The van der Waals surface area contributed by atoms with Crippen LogP contribution < -0.4 is 0 Å². The smallest absolute Gasteiger partial charge is 0.277 e. The molecule has 0 aromatic heterocycles. The van der Waals surface area contributed by atoms with Crippen molar-refractivity contribution in [2.45, 2.75) is 6.92 Å². The molecule has 0 fully saturated rings. The maximum atomic E-state index is 11.2. The summed E-state index contributed by atoms with van der Waals surface area (Å²) in [6.07, 6.45) is 0. The Morgan fingerprint density at radius 1 is 1.58 bits per heavy atom. The first-order chi connectivity index (χ1) is 5.75. The van der Waals surface area contributed by atoms with Gasteiger partial charge in [-0.2, -0.15) is 0 Å². The molecule has 1 aromatic carbocycles. The van der Waals surface area contributed by atoms with E-state index in [-0.39, 0.29) is 12.5 Å². The van der Waals surface area contributed by atoms with Gasteiger partial charge in [-0.1, -0.05) is 12.1 Å². The van der Waals surface area contributed by atoms with E-state index in [2.05, 4.69) is 6.07 Å². The summed E-state index contributed by atoms with van der Waals surface area (Å²) in [5, 5.41) is 9.73. The quantitative estimate of drug-likeness (QED) is 0.529. The minimum absolute atomic E-state index is 0.289. The lowest BCUT2D eigenvalue weighted by Crippen LogP contribution is -2.26. The van der Waals surface area contributed by atoms with Crippen molar-refractivity contribution in [1.29, 1.82) is 0 Å². The third kappa shape index (κ3) is 1.83. The van der Waals surface area contributed by atoms with Crippen molar-refractivity contribution in [1.82, 2.24) is 5.06 Å². The second kappa shape index (κ2) is 3.88. The first-order valence-corrected chi connectivity index (χ1v) is 3.72. The minimum atomic E-state index is -0.383. The summed E-state index contributed by atoms with van der Waals surface area (Å²) in [7, 11) is 0. The van der Waals surface area contributed by atoms with Crippen LogP contribution in [0.5, 0.6) is 0 Å². The monoisotopic (exact) mass is 164 g/mol. The highest BCUT2D eigenvalue weighted by atomic mass is 16.5. The number of nitrogens with zero attached hydrogens (tertiary/aromatic N) is 1. The van der Waals surface area contributed by atoms with Crippen LogP contribution in [0.25, 0.3) is 0 Å². The molecule has 0 heterocycles. The van der Waals surface area contributed by atoms with Gasteiger partial charge in [-0.25, -0.2) is 5.06 Å². The average molecular weight is 164 g/mol. The number of benzene rings is 1. The van der Waals surface area contributed by atoms with Gasteiger partial charge in [-0.15, -0.1) is 0 Å². The van der Waals surface area contributed by atoms with E-state index in [1.807, 2.05) is 0 Å². The second-order valence-corrected chi connectivity index (χ2v) is 2.31. The van der Waals surface area contributed by atoms with Crippen LogP contribution in [-0.2, 0) is 0 Å². The summed E-state index contributed by atoms with van der Waals surface area (Å²) in [6, 6.07) is 9.29. The summed E-state index contributed by atoms with van der Waals surface area (Å²) >= 11 is 0. The SMILES string of the molecule is CCN(O)C(=O)c1cc[c]cc1. The molecule has 3 nitrogen and oxygen atoms in total. The van der Waals surface area contributed by atoms with Gasteiger partial charge >= 0.3 is 0 Å². The summed E-state index contributed by atoms with van der Waals surface area (Å²) in [5.41, 5.74) is 0.470. The van der Waals surface area contributed by atoms with Gasteiger partial charge in [0.05, 0.1) is 0 Å². The molecule has 1 N–H and O–H groups in total. The minimum Gasteiger partial charge on any atom is -0.286 e. The zero-order chi connectivity index (χ0) is 8.97.